The summed E-state index contributed by atoms with van der Waals surface area (Å²) in [5, 5.41) is 11.6. The molecule has 0 spiro atoms. The number of rotatable bonds is 5. The van der Waals surface area contributed by atoms with Gasteiger partial charge in [-0.15, -0.1) is 10.2 Å². The van der Waals surface area contributed by atoms with Gasteiger partial charge in [-0.25, -0.2) is 0 Å². The first-order chi connectivity index (χ1) is 11.6. The van der Waals surface area contributed by atoms with Crippen molar-refractivity contribution in [2.75, 3.05) is 11.1 Å². The third kappa shape index (κ3) is 4.35. The lowest BCUT2D eigenvalue weighted by atomic mass is 10.2. The van der Waals surface area contributed by atoms with E-state index in [2.05, 4.69) is 38.1 Å². The number of carbonyl (C=O) groups is 1. The molecule has 0 bridgehead atoms. The van der Waals surface area contributed by atoms with Gasteiger partial charge in [0.15, 0.2) is 5.16 Å². The Morgan fingerprint density at radius 1 is 1.25 bits per heavy atom. The fraction of sp³-hybridized carbons (Fsp3) is 0.118. The first kappa shape index (κ1) is 17.0. The van der Waals surface area contributed by atoms with Gasteiger partial charge in [0.25, 0.3) is 0 Å². The van der Waals surface area contributed by atoms with Crippen LogP contribution in [0.5, 0.6) is 0 Å². The fourth-order valence-electron chi connectivity index (χ4n) is 2.10. The third-order valence-corrected chi connectivity index (χ3v) is 4.88. The summed E-state index contributed by atoms with van der Waals surface area (Å²) in [4.78, 5) is 12.1. The van der Waals surface area contributed by atoms with Gasteiger partial charge in [0.05, 0.1) is 5.75 Å². The highest BCUT2D eigenvalue weighted by Crippen LogP contribution is 2.20. The summed E-state index contributed by atoms with van der Waals surface area (Å²) >= 11 is 3.58. The van der Waals surface area contributed by atoms with E-state index in [1.54, 1.807) is 6.33 Å². The van der Waals surface area contributed by atoms with Crippen LogP contribution in [0.1, 0.15) is 5.56 Å². The van der Waals surface area contributed by atoms with Gasteiger partial charge in [-0.2, -0.15) is 0 Å². The number of nitrogens with one attached hydrogen (secondary N) is 1. The van der Waals surface area contributed by atoms with Crippen molar-refractivity contribution in [3.63, 3.8) is 0 Å². The van der Waals surface area contributed by atoms with Gasteiger partial charge in [-0.1, -0.05) is 35.5 Å². The second-order valence-electron chi connectivity index (χ2n) is 5.17. The van der Waals surface area contributed by atoms with E-state index in [9.17, 15) is 4.79 Å². The average Bonchev–Trinajstić information content (AvgIpc) is 3.02. The monoisotopic (exact) mass is 450 g/mol. The topological polar surface area (TPSA) is 59.8 Å². The molecule has 0 fully saturated rings. The van der Waals surface area contributed by atoms with Crippen molar-refractivity contribution >= 4 is 45.9 Å². The number of nitrogens with zero attached hydrogens (tertiary/aromatic N) is 3. The van der Waals surface area contributed by atoms with Crippen LogP contribution in [0, 0.1) is 10.5 Å². The highest BCUT2D eigenvalue weighted by molar-refractivity contribution is 14.1. The van der Waals surface area contributed by atoms with Crippen LogP contribution in [0.4, 0.5) is 5.69 Å². The number of benzene rings is 2. The molecule has 3 rings (SSSR count). The van der Waals surface area contributed by atoms with Crippen LogP contribution in [0.25, 0.3) is 5.69 Å². The molecule has 0 atom stereocenters. The Morgan fingerprint density at radius 3 is 2.79 bits per heavy atom. The summed E-state index contributed by atoms with van der Waals surface area (Å²) in [5.74, 6) is 0.205. The Kier molecular flexibility index (Phi) is 5.52. The van der Waals surface area contributed by atoms with Crippen molar-refractivity contribution in [1.29, 1.82) is 0 Å². The van der Waals surface area contributed by atoms with Gasteiger partial charge in [0.2, 0.25) is 5.91 Å². The summed E-state index contributed by atoms with van der Waals surface area (Å²) in [7, 11) is 0. The molecule has 0 saturated carbocycles. The van der Waals surface area contributed by atoms with E-state index in [0.29, 0.717) is 5.16 Å². The van der Waals surface area contributed by atoms with Gasteiger partial charge in [0.1, 0.15) is 6.33 Å². The minimum absolute atomic E-state index is 0.0690. The summed E-state index contributed by atoms with van der Waals surface area (Å²) in [6.45, 7) is 2.04. The Morgan fingerprint density at radius 2 is 2.04 bits per heavy atom. The molecular formula is C17H15IN4OS. The molecule has 0 radical (unpaired) electrons. The molecule has 1 heterocycles. The number of thioether (sulfide) groups is 1. The zero-order valence-electron chi connectivity index (χ0n) is 12.9. The maximum atomic E-state index is 12.1. The van der Waals surface area contributed by atoms with Crippen molar-refractivity contribution in [2.45, 2.75) is 12.1 Å². The van der Waals surface area contributed by atoms with Crippen LogP contribution in [0.15, 0.2) is 60.0 Å². The number of amides is 1. The SMILES string of the molecule is Cc1ccc(-n2cnnc2SCC(=O)Nc2cccc(I)c2)cc1. The molecule has 7 heteroatoms. The van der Waals surface area contributed by atoms with Gasteiger partial charge in [-0.05, 0) is 59.8 Å². The Balaban J connectivity index is 1.64. The second-order valence-corrected chi connectivity index (χ2v) is 7.35. The van der Waals surface area contributed by atoms with Crippen molar-refractivity contribution in [2.24, 2.45) is 0 Å². The van der Waals surface area contributed by atoms with E-state index in [1.165, 1.54) is 17.3 Å². The number of hydrogen-bond acceptors (Lipinski definition) is 4. The van der Waals surface area contributed by atoms with Crippen molar-refractivity contribution in [3.05, 3.63) is 64.0 Å². The number of aromatic nitrogens is 3. The minimum Gasteiger partial charge on any atom is -0.325 e. The smallest absolute Gasteiger partial charge is 0.234 e. The van der Waals surface area contributed by atoms with Gasteiger partial charge < -0.3 is 5.32 Å². The number of carbonyl (C=O) groups excluding carboxylic acids is 1. The maximum absolute atomic E-state index is 12.1. The predicted molar refractivity (Wildman–Crippen MR) is 105 cm³/mol. The molecule has 122 valence electrons. The van der Waals surface area contributed by atoms with E-state index < -0.39 is 0 Å². The molecule has 0 aliphatic heterocycles. The lowest BCUT2D eigenvalue weighted by Gasteiger charge is -2.07. The van der Waals surface area contributed by atoms with E-state index >= 15 is 0 Å². The molecule has 0 aliphatic rings. The number of halogens is 1. The number of hydrogen-bond donors (Lipinski definition) is 1. The summed E-state index contributed by atoms with van der Waals surface area (Å²) in [6.07, 6.45) is 1.66. The van der Waals surface area contributed by atoms with Crippen LogP contribution in [0.3, 0.4) is 0 Å². The summed E-state index contributed by atoms with van der Waals surface area (Å²) < 4.78 is 2.96. The van der Waals surface area contributed by atoms with Crippen LogP contribution >= 0.6 is 34.4 Å². The Hall–Kier alpha value is -1.87. The van der Waals surface area contributed by atoms with Crippen molar-refractivity contribution in [1.82, 2.24) is 14.8 Å². The number of anilines is 1. The van der Waals surface area contributed by atoms with Crippen LogP contribution < -0.4 is 5.32 Å². The first-order valence-corrected chi connectivity index (χ1v) is 9.33. The van der Waals surface area contributed by atoms with Crippen LogP contribution in [0.2, 0.25) is 0 Å². The molecule has 3 aromatic rings. The van der Waals surface area contributed by atoms with E-state index in [1.807, 2.05) is 60.0 Å². The second kappa shape index (κ2) is 7.80. The Bertz CT molecular complexity index is 848. The molecule has 1 N–H and O–H groups in total. The largest absolute Gasteiger partial charge is 0.325 e. The lowest BCUT2D eigenvalue weighted by Crippen LogP contribution is -2.14. The average molecular weight is 450 g/mol. The molecule has 1 aromatic heterocycles. The molecule has 1 amide bonds. The quantitative estimate of drug-likeness (QED) is 0.473. The van der Waals surface area contributed by atoms with Gasteiger partial charge >= 0.3 is 0 Å². The maximum Gasteiger partial charge on any atom is 0.234 e. The van der Waals surface area contributed by atoms with Crippen molar-refractivity contribution in [3.8, 4) is 5.69 Å². The third-order valence-electron chi connectivity index (χ3n) is 3.27. The van der Waals surface area contributed by atoms with E-state index in [0.717, 1.165) is 14.9 Å². The van der Waals surface area contributed by atoms with Crippen LogP contribution in [-0.2, 0) is 4.79 Å². The van der Waals surface area contributed by atoms with Crippen LogP contribution in [-0.4, -0.2) is 26.4 Å². The highest BCUT2D eigenvalue weighted by atomic mass is 127. The molecule has 2 aromatic carbocycles. The van der Waals surface area contributed by atoms with E-state index in [4.69, 9.17) is 0 Å². The lowest BCUT2D eigenvalue weighted by molar-refractivity contribution is -0.113. The normalized spacial score (nSPS) is 10.6. The van der Waals surface area contributed by atoms with Gasteiger partial charge in [0, 0.05) is 14.9 Å². The zero-order chi connectivity index (χ0) is 16.9. The van der Waals surface area contributed by atoms with E-state index in [-0.39, 0.29) is 11.7 Å². The Labute approximate surface area is 158 Å². The molecular weight excluding hydrogens is 435 g/mol. The van der Waals surface area contributed by atoms with Crippen molar-refractivity contribution < 1.29 is 4.79 Å². The summed E-state index contributed by atoms with van der Waals surface area (Å²) in [5.41, 5.74) is 2.97. The zero-order valence-corrected chi connectivity index (χ0v) is 15.9. The highest BCUT2D eigenvalue weighted by Gasteiger charge is 2.10. The fourth-order valence-corrected chi connectivity index (χ4v) is 3.37. The molecule has 5 nitrogen and oxygen atoms in total. The number of aryl methyl sites for hydroxylation is 1. The summed E-state index contributed by atoms with van der Waals surface area (Å²) in [6, 6.07) is 15.8. The molecule has 24 heavy (non-hydrogen) atoms. The minimum atomic E-state index is -0.0690. The molecule has 0 unspecified atom stereocenters. The molecule has 0 aliphatic carbocycles. The van der Waals surface area contributed by atoms with Gasteiger partial charge in [-0.3, -0.25) is 9.36 Å². The first-order valence-electron chi connectivity index (χ1n) is 7.27. The molecule has 0 saturated heterocycles. The predicted octanol–water partition coefficient (Wildman–Crippen LogP) is 3.91. The standard InChI is InChI=1S/C17H15IN4OS/c1-12-5-7-15(8-6-12)22-11-19-21-17(22)24-10-16(23)20-14-4-2-3-13(18)9-14/h2-9,11H,10H2,1H3,(H,20,23).